The second-order valence-electron chi connectivity index (χ2n) is 5.58. The van der Waals surface area contributed by atoms with Crippen LogP contribution in [0.15, 0.2) is 36.5 Å². The molecule has 106 valence electrons. The van der Waals surface area contributed by atoms with Crippen molar-refractivity contribution >= 4 is 17.5 Å². The molecule has 0 unspecified atom stereocenters. The predicted molar refractivity (Wildman–Crippen MR) is 78.1 cm³/mol. The third-order valence-electron chi connectivity index (χ3n) is 2.51. The molecule has 0 amide bonds. The van der Waals surface area contributed by atoms with Gasteiger partial charge in [-0.3, -0.25) is 4.68 Å². The van der Waals surface area contributed by atoms with Gasteiger partial charge in [0.25, 0.3) is 0 Å². The van der Waals surface area contributed by atoms with Crippen molar-refractivity contribution in [2.75, 3.05) is 5.32 Å². The van der Waals surface area contributed by atoms with E-state index >= 15 is 0 Å². The van der Waals surface area contributed by atoms with Gasteiger partial charge in [0, 0.05) is 25.0 Å². The van der Waals surface area contributed by atoms with E-state index in [4.69, 9.17) is 4.74 Å². The third-order valence-corrected chi connectivity index (χ3v) is 2.51. The number of carbonyl (C=O) groups is 1. The monoisotopic (exact) mass is 273 g/mol. The summed E-state index contributed by atoms with van der Waals surface area (Å²) in [5.74, 6) is 0.444. The van der Waals surface area contributed by atoms with Crippen molar-refractivity contribution in [2.24, 2.45) is 7.05 Å². The molecule has 0 spiro atoms. The minimum absolute atomic E-state index is 0.318. The molecular formula is C15H19N3O2. The molecule has 5 heteroatoms. The third kappa shape index (κ3) is 3.85. The molecule has 1 aromatic heterocycles. The molecule has 2 rings (SSSR count). The lowest BCUT2D eigenvalue weighted by atomic mass is 10.1. The van der Waals surface area contributed by atoms with Crippen molar-refractivity contribution in [1.29, 1.82) is 0 Å². The van der Waals surface area contributed by atoms with Crippen LogP contribution in [-0.2, 0) is 11.8 Å². The molecular weight excluding hydrogens is 254 g/mol. The summed E-state index contributed by atoms with van der Waals surface area (Å²) in [7, 11) is 1.86. The van der Waals surface area contributed by atoms with Gasteiger partial charge in [-0.15, -0.1) is 0 Å². The topological polar surface area (TPSA) is 56.2 Å². The molecule has 0 fully saturated rings. The zero-order valence-electron chi connectivity index (χ0n) is 12.2. The summed E-state index contributed by atoms with van der Waals surface area (Å²) < 4.78 is 7.03. The zero-order chi connectivity index (χ0) is 14.8. The number of nitrogens with one attached hydrogen (secondary N) is 1. The van der Waals surface area contributed by atoms with Crippen LogP contribution in [0.3, 0.4) is 0 Å². The fraction of sp³-hybridized carbons (Fsp3) is 0.333. The fourth-order valence-corrected chi connectivity index (χ4v) is 1.66. The van der Waals surface area contributed by atoms with E-state index < -0.39 is 5.60 Å². The summed E-state index contributed by atoms with van der Waals surface area (Å²) in [6, 6.07) is 9.00. The summed E-state index contributed by atoms with van der Waals surface area (Å²) in [6.07, 6.45) is 1.86. The molecule has 0 aliphatic heterocycles. The van der Waals surface area contributed by atoms with Crippen LogP contribution in [0.4, 0.5) is 11.5 Å². The van der Waals surface area contributed by atoms with Gasteiger partial charge in [0.1, 0.15) is 5.60 Å². The Labute approximate surface area is 118 Å². The molecule has 0 bridgehead atoms. The Morgan fingerprint density at radius 1 is 1.20 bits per heavy atom. The Hall–Kier alpha value is -2.30. The molecule has 0 saturated heterocycles. The molecule has 1 N–H and O–H groups in total. The van der Waals surface area contributed by atoms with E-state index in [1.54, 1.807) is 16.8 Å². The highest BCUT2D eigenvalue weighted by molar-refractivity contribution is 5.90. The average molecular weight is 273 g/mol. The van der Waals surface area contributed by atoms with Crippen molar-refractivity contribution in [1.82, 2.24) is 9.78 Å². The number of hydrogen-bond donors (Lipinski definition) is 1. The number of ether oxygens (including phenoxy) is 1. The number of aromatic nitrogens is 2. The van der Waals surface area contributed by atoms with Gasteiger partial charge in [-0.2, -0.15) is 5.10 Å². The van der Waals surface area contributed by atoms with E-state index in [1.807, 2.05) is 52.2 Å². The van der Waals surface area contributed by atoms with E-state index in [9.17, 15) is 4.79 Å². The van der Waals surface area contributed by atoms with Crippen LogP contribution in [0, 0.1) is 0 Å². The highest BCUT2D eigenvalue weighted by Crippen LogP contribution is 2.17. The molecule has 20 heavy (non-hydrogen) atoms. The number of anilines is 2. The Morgan fingerprint density at radius 2 is 1.85 bits per heavy atom. The minimum atomic E-state index is -0.484. The van der Waals surface area contributed by atoms with Crippen LogP contribution in [0.5, 0.6) is 0 Å². The maximum absolute atomic E-state index is 11.9. The average Bonchev–Trinajstić information content (AvgIpc) is 2.73. The van der Waals surface area contributed by atoms with Crippen molar-refractivity contribution in [3.63, 3.8) is 0 Å². The van der Waals surface area contributed by atoms with Crippen molar-refractivity contribution in [2.45, 2.75) is 26.4 Å². The lowest BCUT2D eigenvalue weighted by Crippen LogP contribution is -2.23. The Kier molecular flexibility index (Phi) is 3.79. The smallest absolute Gasteiger partial charge is 0.338 e. The zero-order valence-corrected chi connectivity index (χ0v) is 12.2. The van der Waals surface area contributed by atoms with E-state index in [0.717, 1.165) is 11.5 Å². The van der Waals surface area contributed by atoms with Crippen LogP contribution in [0.25, 0.3) is 0 Å². The first-order valence-corrected chi connectivity index (χ1v) is 6.43. The second-order valence-corrected chi connectivity index (χ2v) is 5.58. The SMILES string of the molecule is Cn1ccc(Nc2ccc(C(=O)OC(C)(C)C)cc2)n1. The van der Waals surface area contributed by atoms with Gasteiger partial charge in [0.2, 0.25) is 0 Å². The Bertz CT molecular complexity index is 594. The molecule has 2 aromatic rings. The standard InChI is InChI=1S/C15H19N3O2/c1-15(2,3)20-14(19)11-5-7-12(8-6-11)16-13-9-10-18(4)17-13/h5-10H,1-4H3,(H,16,17). The summed E-state index contributed by atoms with van der Waals surface area (Å²) in [4.78, 5) is 11.9. The Balaban J connectivity index is 2.04. The van der Waals surface area contributed by atoms with Crippen LogP contribution >= 0.6 is 0 Å². The molecule has 1 aromatic carbocycles. The van der Waals surface area contributed by atoms with Crippen molar-refractivity contribution in [3.05, 3.63) is 42.1 Å². The molecule has 0 atom stereocenters. The van der Waals surface area contributed by atoms with Gasteiger partial charge in [-0.1, -0.05) is 0 Å². The van der Waals surface area contributed by atoms with Crippen molar-refractivity contribution < 1.29 is 9.53 Å². The van der Waals surface area contributed by atoms with Crippen LogP contribution < -0.4 is 5.32 Å². The first kappa shape index (κ1) is 14.1. The van der Waals surface area contributed by atoms with Crippen LogP contribution in [-0.4, -0.2) is 21.4 Å². The largest absolute Gasteiger partial charge is 0.456 e. The minimum Gasteiger partial charge on any atom is -0.456 e. The summed E-state index contributed by atoms with van der Waals surface area (Å²) in [6.45, 7) is 5.55. The van der Waals surface area contributed by atoms with E-state index in [-0.39, 0.29) is 5.97 Å². The fourth-order valence-electron chi connectivity index (χ4n) is 1.66. The maximum Gasteiger partial charge on any atom is 0.338 e. The normalized spacial score (nSPS) is 11.2. The second kappa shape index (κ2) is 5.36. The molecule has 0 radical (unpaired) electrons. The number of carbonyl (C=O) groups excluding carboxylic acids is 1. The number of aryl methyl sites for hydroxylation is 1. The van der Waals surface area contributed by atoms with E-state index in [2.05, 4.69) is 10.4 Å². The van der Waals surface area contributed by atoms with E-state index in [0.29, 0.717) is 5.56 Å². The molecule has 0 aliphatic carbocycles. The van der Waals surface area contributed by atoms with Crippen LogP contribution in [0.1, 0.15) is 31.1 Å². The Morgan fingerprint density at radius 3 is 2.35 bits per heavy atom. The van der Waals surface area contributed by atoms with Gasteiger partial charge in [0.15, 0.2) is 5.82 Å². The highest BCUT2D eigenvalue weighted by Gasteiger charge is 2.17. The number of esters is 1. The van der Waals surface area contributed by atoms with Crippen molar-refractivity contribution in [3.8, 4) is 0 Å². The molecule has 1 heterocycles. The number of nitrogens with zero attached hydrogens (tertiary/aromatic N) is 2. The lowest BCUT2D eigenvalue weighted by molar-refractivity contribution is 0.00696. The number of rotatable bonds is 3. The summed E-state index contributed by atoms with van der Waals surface area (Å²) in [5, 5.41) is 7.38. The first-order valence-electron chi connectivity index (χ1n) is 6.43. The number of benzene rings is 1. The molecule has 0 saturated carbocycles. The maximum atomic E-state index is 11.9. The first-order chi connectivity index (χ1) is 9.33. The predicted octanol–water partition coefficient (Wildman–Crippen LogP) is 3.12. The summed E-state index contributed by atoms with van der Waals surface area (Å²) in [5.41, 5.74) is 0.921. The molecule has 0 aliphatic rings. The van der Waals surface area contributed by atoms with Gasteiger partial charge >= 0.3 is 5.97 Å². The molecule has 5 nitrogen and oxygen atoms in total. The van der Waals surface area contributed by atoms with E-state index in [1.165, 1.54) is 0 Å². The van der Waals surface area contributed by atoms with Gasteiger partial charge in [-0.05, 0) is 45.0 Å². The number of hydrogen-bond acceptors (Lipinski definition) is 4. The lowest BCUT2D eigenvalue weighted by Gasteiger charge is -2.19. The summed E-state index contributed by atoms with van der Waals surface area (Å²) >= 11 is 0. The van der Waals surface area contributed by atoms with Gasteiger partial charge in [-0.25, -0.2) is 4.79 Å². The van der Waals surface area contributed by atoms with Gasteiger partial charge in [0.05, 0.1) is 5.56 Å². The van der Waals surface area contributed by atoms with Gasteiger partial charge < -0.3 is 10.1 Å². The highest BCUT2D eigenvalue weighted by atomic mass is 16.6. The van der Waals surface area contributed by atoms with Crippen LogP contribution in [0.2, 0.25) is 0 Å². The quantitative estimate of drug-likeness (QED) is 0.873.